The van der Waals surface area contributed by atoms with Crippen molar-refractivity contribution >= 4 is 0 Å². The minimum Gasteiger partial charge on any atom is -0.312 e. The number of aryl methyl sites for hydroxylation is 1. The number of rotatable bonds is 5. The normalized spacial score (nSPS) is 26.5. The summed E-state index contributed by atoms with van der Waals surface area (Å²) < 4.78 is 14.0. The first kappa shape index (κ1) is 16.6. The van der Waals surface area contributed by atoms with Crippen molar-refractivity contribution in [3.63, 3.8) is 0 Å². The van der Waals surface area contributed by atoms with Crippen LogP contribution in [0.1, 0.15) is 29.5 Å². The number of nitrogens with zero attached hydrogens (tertiary/aromatic N) is 3. The second-order valence-corrected chi connectivity index (χ2v) is 7.28. The van der Waals surface area contributed by atoms with Crippen LogP contribution < -0.4 is 5.32 Å². The van der Waals surface area contributed by atoms with Crippen molar-refractivity contribution in [1.82, 2.24) is 20.2 Å². The molecule has 0 radical (unpaired) electrons. The number of halogens is 1. The summed E-state index contributed by atoms with van der Waals surface area (Å²) >= 11 is 0. The lowest BCUT2D eigenvalue weighted by molar-refractivity contribution is 0.224. The highest BCUT2D eigenvalue weighted by Crippen LogP contribution is 2.24. The molecule has 2 aromatic rings. The predicted molar refractivity (Wildman–Crippen MR) is 96.0 cm³/mol. The summed E-state index contributed by atoms with van der Waals surface area (Å²) in [7, 11) is 0. The van der Waals surface area contributed by atoms with E-state index in [1.807, 2.05) is 12.4 Å². The molecule has 0 spiro atoms. The largest absolute Gasteiger partial charge is 0.312 e. The van der Waals surface area contributed by atoms with Gasteiger partial charge in [0.1, 0.15) is 12.5 Å². The van der Waals surface area contributed by atoms with Crippen LogP contribution in [-0.4, -0.2) is 46.2 Å². The molecule has 0 saturated carbocycles. The highest BCUT2D eigenvalue weighted by atomic mass is 19.1. The number of hydrogen-bond acceptors (Lipinski definition) is 4. The molecule has 25 heavy (non-hydrogen) atoms. The summed E-state index contributed by atoms with van der Waals surface area (Å²) in [5, 5.41) is 3.70. The zero-order valence-corrected chi connectivity index (χ0v) is 14.4. The van der Waals surface area contributed by atoms with Crippen LogP contribution in [0.5, 0.6) is 0 Å². The lowest BCUT2D eigenvalue weighted by atomic mass is 9.88. The van der Waals surface area contributed by atoms with Crippen LogP contribution >= 0.6 is 0 Å². The first-order chi connectivity index (χ1) is 12.3. The van der Waals surface area contributed by atoms with Crippen LogP contribution in [0.3, 0.4) is 0 Å². The van der Waals surface area contributed by atoms with Gasteiger partial charge >= 0.3 is 0 Å². The molecule has 1 aromatic heterocycles. The van der Waals surface area contributed by atoms with E-state index in [9.17, 15) is 4.39 Å². The van der Waals surface area contributed by atoms with Gasteiger partial charge in [0.25, 0.3) is 0 Å². The first-order valence-corrected chi connectivity index (χ1v) is 9.20. The van der Waals surface area contributed by atoms with E-state index in [4.69, 9.17) is 0 Å². The number of aromatic nitrogens is 2. The quantitative estimate of drug-likeness (QED) is 0.908. The highest BCUT2D eigenvalue weighted by Gasteiger charge is 2.32. The molecule has 1 fully saturated rings. The lowest BCUT2D eigenvalue weighted by Crippen LogP contribution is -2.43. The molecule has 1 aromatic carbocycles. The number of alkyl halides is 1. The van der Waals surface area contributed by atoms with Gasteiger partial charge in [-0.25, -0.2) is 14.4 Å². The molecule has 1 aliphatic carbocycles. The monoisotopic (exact) mass is 340 g/mol. The van der Waals surface area contributed by atoms with Crippen molar-refractivity contribution in [2.45, 2.75) is 50.5 Å². The molecule has 132 valence electrons. The SMILES string of the molecule is F[C@H]1C[C@@H](CN[C@@H]2CCc3ccccc3C2)N(Cc2cncnc2)C1. The van der Waals surface area contributed by atoms with E-state index < -0.39 is 6.17 Å². The summed E-state index contributed by atoms with van der Waals surface area (Å²) in [6.45, 7) is 2.08. The first-order valence-electron chi connectivity index (χ1n) is 9.20. The van der Waals surface area contributed by atoms with Crippen molar-refractivity contribution in [2.75, 3.05) is 13.1 Å². The third-order valence-electron chi connectivity index (χ3n) is 5.47. The number of likely N-dealkylation sites (tertiary alicyclic amines) is 1. The predicted octanol–water partition coefficient (Wildman–Crippen LogP) is 2.54. The van der Waals surface area contributed by atoms with E-state index in [1.54, 1.807) is 0 Å². The van der Waals surface area contributed by atoms with E-state index in [1.165, 1.54) is 17.5 Å². The molecule has 4 rings (SSSR count). The fraction of sp³-hybridized carbons (Fsp3) is 0.500. The van der Waals surface area contributed by atoms with Crippen LogP contribution in [0.15, 0.2) is 43.0 Å². The Morgan fingerprint density at radius 2 is 1.96 bits per heavy atom. The molecule has 0 amide bonds. The maximum absolute atomic E-state index is 14.0. The Labute approximate surface area is 148 Å². The third-order valence-corrected chi connectivity index (χ3v) is 5.47. The Hall–Kier alpha value is -1.85. The molecular formula is C20H25FN4. The average Bonchev–Trinajstić information content (AvgIpc) is 3.00. The maximum Gasteiger partial charge on any atom is 0.115 e. The number of benzene rings is 1. The molecule has 3 atom stereocenters. The van der Waals surface area contributed by atoms with E-state index in [0.29, 0.717) is 19.0 Å². The lowest BCUT2D eigenvalue weighted by Gasteiger charge is -2.29. The standard InChI is InChI=1S/C20H25FN4/c21-18-8-20(25(13-18)12-15-9-22-14-23-10-15)11-24-19-6-5-16-3-1-2-4-17(16)7-19/h1-4,9-10,14,18-20,24H,5-8,11-13H2/t18-,19+,20-/m0/s1. The topological polar surface area (TPSA) is 41.0 Å². The Kier molecular flexibility index (Phi) is 5.04. The molecule has 5 heteroatoms. The van der Waals surface area contributed by atoms with E-state index in [0.717, 1.165) is 37.9 Å². The molecule has 4 nitrogen and oxygen atoms in total. The van der Waals surface area contributed by atoms with Crippen molar-refractivity contribution in [2.24, 2.45) is 0 Å². The molecule has 1 saturated heterocycles. The van der Waals surface area contributed by atoms with Gasteiger partial charge in [-0.1, -0.05) is 24.3 Å². The highest BCUT2D eigenvalue weighted by molar-refractivity contribution is 5.30. The number of hydrogen-bond donors (Lipinski definition) is 1. The minimum absolute atomic E-state index is 0.243. The fourth-order valence-electron chi connectivity index (χ4n) is 4.15. The van der Waals surface area contributed by atoms with Gasteiger partial charge in [0.05, 0.1) is 0 Å². The number of nitrogens with one attached hydrogen (secondary N) is 1. The molecule has 1 aliphatic heterocycles. The van der Waals surface area contributed by atoms with Crippen LogP contribution in [0.2, 0.25) is 0 Å². The molecule has 1 N–H and O–H groups in total. The van der Waals surface area contributed by atoms with E-state index >= 15 is 0 Å². The zero-order valence-electron chi connectivity index (χ0n) is 14.4. The van der Waals surface area contributed by atoms with Crippen LogP contribution in [0.25, 0.3) is 0 Å². The zero-order chi connectivity index (χ0) is 17.1. The molecule has 2 aliphatic rings. The van der Waals surface area contributed by atoms with Crippen molar-refractivity contribution in [1.29, 1.82) is 0 Å². The Morgan fingerprint density at radius 3 is 2.80 bits per heavy atom. The second kappa shape index (κ2) is 7.58. The smallest absolute Gasteiger partial charge is 0.115 e. The van der Waals surface area contributed by atoms with Crippen molar-refractivity contribution in [3.05, 3.63) is 59.7 Å². The third kappa shape index (κ3) is 4.05. The second-order valence-electron chi connectivity index (χ2n) is 7.28. The van der Waals surface area contributed by atoms with Gasteiger partial charge in [-0.2, -0.15) is 0 Å². The Bertz CT molecular complexity index is 693. The van der Waals surface area contributed by atoms with Crippen molar-refractivity contribution < 1.29 is 4.39 Å². The fourth-order valence-corrected chi connectivity index (χ4v) is 4.15. The number of fused-ring (bicyclic) bond motifs is 1. The summed E-state index contributed by atoms with van der Waals surface area (Å²) in [5.74, 6) is 0. The molecule has 0 unspecified atom stereocenters. The van der Waals surface area contributed by atoms with Crippen LogP contribution in [-0.2, 0) is 19.4 Å². The Balaban J connectivity index is 1.33. The summed E-state index contributed by atoms with van der Waals surface area (Å²) in [6, 6.07) is 9.45. The van der Waals surface area contributed by atoms with Crippen LogP contribution in [0.4, 0.5) is 4.39 Å². The van der Waals surface area contributed by atoms with Crippen LogP contribution in [0, 0.1) is 0 Å². The van der Waals surface area contributed by atoms with Gasteiger partial charge in [-0.05, 0) is 36.8 Å². The van der Waals surface area contributed by atoms with Crippen molar-refractivity contribution in [3.8, 4) is 0 Å². The summed E-state index contributed by atoms with van der Waals surface area (Å²) in [5.41, 5.74) is 3.99. The van der Waals surface area contributed by atoms with Gasteiger partial charge in [0.15, 0.2) is 0 Å². The van der Waals surface area contributed by atoms with Gasteiger partial charge in [0, 0.05) is 49.7 Å². The van der Waals surface area contributed by atoms with Gasteiger partial charge in [-0.15, -0.1) is 0 Å². The van der Waals surface area contributed by atoms with Gasteiger partial charge < -0.3 is 5.32 Å². The maximum atomic E-state index is 14.0. The van der Waals surface area contributed by atoms with Gasteiger partial charge in [0.2, 0.25) is 0 Å². The van der Waals surface area contributed by atoms with E-state index in [2.05, 4.69) is 44.5 Å². The van der Waals surface area contributed by atoms with Gasteiger partial charge in [-0.3, -0.25) is 4.90 Å². The molecule has 2 heterocycles. The minimum atomic E-state index is -0.733. The summed E-state index contributed by atoms with van der Waals surface area (Å²) in [4.78, 5) is 10.4. The molecular weight excluding hydrogens is 315 g/mol. The average molecular weight is 340 g/mol. The van der Waals surface area contributed by atoms with E-state index in [-0.39, 0.29) is 6.04 Å². The molecule has 0 bridgehead atoms. The summed E-state index contributed by atoms with van der Waals surface area (Å²) in [6.07, 6.45) is 8.43. The Morgan fingerprint density at radius 1 is 1.16 bits per heavy atom.